The lowest BCUT2D eigenvalue weighted by Crippen LogP contribution is -2.32. The van der Waals surface area contributed by atoms with Gasteiger partial charge in [-0.2, -0.15) is 0 Å². The summed E-state index contributed by atoms with van der Waals surface area (Å²) in [5.41, 5.74) is 5.40. The van der Waals surface area contributed by atoms with E-state index in [2.05, 4.69) is 15.0 Å². The minimum absolute atomic E-state index is 0.0162. The van der Waals surface area contributed by atoms with Gasteiger partial charge in [0, 0.05) is 12.5 Å². The number of nitrogens with two attached hydrogens (primary N) is 1. The maximum atomic E-state index is 11.9. The van der Waals surface area contributed by atoms with Crippen molar-refractivity contribution in [3.05, 3.63) is 26.7 Å². The van der Waals surface area contributed by atoms with Gasteiger partial charge in [-0.3, -0.25) is 14.3 Å². The molecule has 4 N–H and O–H groups in total. The molecule has 0 aromatic carbocycles. The quantitative estimate of drug-likeness (QED) is 0.721. The topological polar surface area (TPSA) is 110 Å². The second-order valence-electron chi connectivity index (χ2n) is 4.66. The summed E-state index contributed by atoms with van der Waals surface area (Å²) in [5.74, 6) is 0.689. The molecule has 0 spiro atoms. The highest BCUT2D eigenvalue weighted by molar-refractivity contribution is 5.69. The number of aryl methyl sites for hydroxylation is 1. The van der Waals surface area contributed by atoms with Crippen molar-refractivity contribution in [2.24, 2.45) is 5.73 Å². The molecule has 0 saturated heterocycles. The van der Waals surface area contributed by atoms with Crippen LogP contribution in [0, 0.1) is 0 Å². The number of nitrogens with zero attached hydrogens (tertiary/aromatic N) is 2. The summed E-state index contributed by atoms with van der Waals surface area (Å²) in [6.07, 6.45) is 2.23. The van der Waals surface area contributed by atoms with Gasteiger partial charge in [0.05, 0.1) is 0 Å². The second kappa shape index (κ2) is 5.40. The highest BCUT2D eigenvalue weighted by atomic mass is 16.2. The van der Waals surface area contributed by atoms with E-state index in [-0.39, 0.29) is 6.04 Å². The molecule has 1 atom stereocenters. The van der Waals surface area contributed by atoms with Gasteiger partial charge < -0.3 is 10.7 Å². The van der Waals surface area contributed by atoms with Crippen molar-refractivity contribution in [3.8, 4) is 0 Å². The predicted molar refractivity (Wildman–Crippen MR) is 73.4 cm³/mol. The molecular weight excluding hydrogens is 246 g/mol. The van der Waals surface area contributed by atoms with Crippen molar-refractivity contribution in [1.29, 1.82) is 0 Å². The first kappa shape index (κ1) is 13.5. The SMILES string of the molecule is CCC(C)n1c(=O)[nH]c(=O)c2[nH]c(CCCN)nc21. The van der Waals surface area contributed by atoms with Crippen LogP contribution in [0.3, 0.4) is 0 Å². The number of nitrogens with one attached hydrogen (secondary N) is 2. The van der Waals surface area contributed by atoms with E-state index in [9.17, 15) is 9.59 Å². The molecule has 0 aliphatic rings. The van der Waals surface area contributed by atoms with E-state index in [1.807, 2.05) is 13.8 Å². The highest BCUT2D eigenvalue weighted by Crippen LogP contribution is 2.13. The molecule has 0 aliphatic carbocycles. The van der Waals surface area contributed by atoms with E-state index in [1.165, 1.54) is 4.57 Å². The Morgan fingerprint density at radius 1 is 1.37 bits per heavy atom. The van der Waals surface area contributed by atoms with Gasteiger partial charge in [-0.15, -0.1) is 0 Å². The number of aromatic nitrogens is 4. The van der Waals surface area contributed by atoms with E-state index in [4.69, 9.17) is 5.73 Å². The van der Waals surface area contributed by atoms with Crippen molar-refractivity contribution in [2.75, 3.05) is 6.54 Å². The van der Waals surface area contributed by atoms with Crippen LogP contribution in [0.4, 0.5) is 0 Å². The van der Waals surface area contributed by atoms with E-state index in [1.54, 1.807) is 0 Å². The third-order valence-corrected chi connectivity index (χ3v) is 3.28. The van der Waals surface area contributed by atoms with Gasteiger partial charge in [-0.05, 0) is 26.3 Å². The summed E-state index contributed by atoms with van der Waals surface area (Å²) in [4.78, 5) is 33.4. The Kier molecular flexibility index (Phi) is 3.84. The van der Waals surface area contributed by atoms with Gasteiger partial charge in [0.2, 0.25) is 0 Å². The Morgan fingerprint density at radius 2 is 2.11 bits per heavy atom. The van der Waals surface area contributed by atoms with E-state index >= 15 is 0 Å². The van der Waals surface area contributed by atoms with Crippen molar-refractivity contribution >= 4 is 11.2 Å². The zero-order valence-electron chi connectivity index (χ0n) is 11.2. The van der Waals surface area contributed by atoms with Crippen molar-refractivity contribution in [2.45, 2.75) is 39.2 Å². The minimum atomic E-state index is -0.425. The number of H-pyrrole nitrogens is 2. The fraction of sp³-hybridized carbons (Fsp3) is 0.583. The zero-order valence-corrected chi connectivity index (χ0v) is 11.2. The first-order valence-corrected chi connectivity index (χ1v) is 6.52. The monoisotopic (exact) mass is 265 g/mol. The Balaban J connectivity index is 2.64. The molecule has 7 nitrogen and oxygen atoms in total. The number of fused-ring (bicyclic) bond motifs is 1. The number of hydrogen-bond acceptors (Lipinski definition) is 4. The van der Waals surface area contributed by atoms with Crippen molar-refractivity contribution in [1.82, 2.24) is 19.5 Å². The number of imidazole rings is 1. The molecular formula is C12H19N5O2. The minimum Gasteiger partial charge on any atom is -0.336 e. The molecule has 2 rings (SSSR count). The predicted octanol–water partition coefficient (Wildman–Crippen LogP) is 0.275. The summed E-state index contributed by atoms with van der Waals surface area (Å²) in [6, 6.07) is -0.0162. The van der Waals surface area contributed by atoms with Crippen LogP contribution >= 0.6 is 0 Å². The second-order valence-corrected chi connectivity index (χ2v) is 4.66. The van der Waals surface area contributed by atoms with E-state index < -0.39 is 11.2 Å². The molecule has 2 aromatic heterocycles. The normalized spacial score (nSPS) is 13.0. The van der Waals surface area contributed by atoms with Crippen LogP contribution in [0.25, 0.3) is 11.2 Å². The fourth-order valence-corrected chi connectivity index (χ4v) is 2.04. The van der Waals surface area contributed by atoms with E-state index in [0.717, 1.165) is 12.8 Å². The third kappa shape index (κ3) is 2.46. The first-order valence-electron chi connectivity index (χ1n) is 6.52. The Labute approximate surface area is 109 Å². The molecule has 0 amide bonds. The average molecular weight is 265 g/mol. The lowest BCUT2D eigenvalue weighted by atomic mass is 10.2. The number of hydrogen-bond donors (Lipinski definition) is 3. The fourth-order valence-electron chi connectivity index (χ4n) is 2.04. The molecule has 7 heteroatoms. The number of aromatic amines is 2. The first-order chi connectivity index (χ1) is 9.08. The summed E-state index contributed by atoms with van der Waals surface area (Å²) in [5, 5.41) is 0. The standard InChI is InChI=1S/C12H19N5O2/c1-3-7(2)17-10-9(11(18)16-12(17)19)14-8(15-10)5-4-6-13/h7H,3-6,13H2,1-2H3,(H,14,15)(H,16,18,19). The molecule has 104 valence electrons. The lowest BCUT2D eigenvalue weighted by molar-refractivity contribution is 0.517. The van der Waals surface area contributed by atoms with Crippen LogP contribution in [0.5, 0.6) is 0 Å². The summed E-state index contributed by atoms with van der Waals surface area (Å²) < 4.78 is 1.53. The van der Waals surface area contributed by atoms with Crippen LogP contribution in [0.15, 0.2) is 9.59 Å². The molecule has 0 bridgehead atoms. The van der Waals surface area contributed by atoms with Crippen LogP contribution in [-0.4, -0.2) is 26.1 Å². The number of rotatable bonds is 5. The van der Waals surface area contributed by atoms with Gasteiger partial charge in [0.15, 0.2) is 5.65 Å². The molecule has 0 fully saturated rings. The maximum absolute atomic E-state index is 11.9. The Morgan fingerprint density at radius 3 is 2.74 bits per heavy atom. The Hall–Kier alpha value is -1.89. The van der Waals surface area contributed by atoms with Gasteiger partial charge in [-0.1, -0.05) is 6.92 Å². The summed E-state index contributed by atoms with van der Waals surface area (Å²) in [6.45, 7) is 4.47. The largest absolute Gasteiger partial charge is 0.336 e. The molecule has 19 heavy (non-hydrogen) atoms. The van der Waals surface area contributed by atoms with Gasteiger partial charge in [0.25, 0.3) is 5.56 Å². The molecule has 1 unspecified atom stereocenters. The molecule has 0 aliphatic heterocycles. The Bertz CT molecular complexity index is 681. The van der Waals surface area contributed by atoms with Crippen LogP contribution in [0.1, 0.15) is 38.6 Å². The summed E-state index contributed by atoms with van der Waals surface area (Å²) >= 11 is 0. The average Bonchev–Trinajstić information content (AvgIpc) is 2.80. The van der Waals surface area contributed by atoms with Crippen LogP contribution < -0.4 is 17.0 Å². The van der Waals surface area contributed by atoms with Gasteiger partial charge in [-0.25, -0.2) is 9.78 Å². The van der Waals surface area contributed by atoms with Gasteiger partial charge in [0.1, 0.15) is 11.3 Å². The molecule has 0 saturated carbocycles. The zero-order chi connectivity index (χ0) is 14.0. The van der Waals surface area contributed by atoms with Crippen LogP contribution in [-0.2, 0) is 6.42 Å². The summed E-state index contributed by atoms with van der Waals surface area (Å²) in [7, 11) is 0. The van der Waals surface area contributed by atoms with Gasteiger partial charge >= 0.3 is 5.69 Å². The molecule has 0 radical (unpaired) electrons. The lowest BCUT2D eigenvalue weighted by Gasteiger charge is -2.12. The maximum Gasteiger partial charge on any atom is 0.330 e. The van der Waals surface area contributed by atoms with Crippen molar-refractivity contribution in [3.63, 3.8) is 0 Å². The molecule has 2 heterocycles. The molecule has 2 aromatic rings. The van der Waals surface area contributed by atoms with Crippen LogP contribution in [0.2, 0.25) is 0 Å². The third-order valence-electron chi connectivity index (χ3n) is 3.28. The van der Waals surface area contributed by atoms with E-state index in [0.29, 0.717) is 30.0 Å². The highest BCUT2D eigenvalue weighted by Gasteiger charge is 2.15. The van der Waals surface area contributed by atoms with Crippen molar-refractivity contribution < 1.29 is 0 Å². The smallest absolute Gasteiger partial charge is 0.330 e.